The van der Waals surface area contributed by atoms with Crippen molar-refractivity contribution in [1.29, 1.82) is 0 Å². The fourth-order valence-corrected chi connectivity index (χ4v) is 4.73. The van der Waals surface area contributed by atoms with Crippen molar-refractivity contribution in [2.75, 3.05) is 34.5 Å². The first-order valence-corrected chi connectivity index (χ1v) is 11.8. The van der Waals surface area contributed by atoms with Crippen molar-refractivity contribution in [3.63, 3.8) is 0 Å². The van der Waals surface area contributed by atoms with Gasteiger partial charge in [0.05, 0.1) is 44.6 Å². The molecule has 1 atom stereocenters. The smallest absolute Gasteiger partial charge is 0.338 e. The van der Waals surface area contributed by atoms with Crippen molar-refractivity contribution in [3.05, 3.63) is 46.1 Å². The largest absolute Gasteiger partial charge is 0.497 e. The molecular formula is C24H31N3O6S. The van der Waals surface area contributed by atoms with Crippen LogP contribution in [0.4, 0.5) is 0 Å². The minimum Gasteiger partial charge on any atom is -0.497 e. The number of ether oxygens (including phenoxy) is 4. The highest BCUT2D eigenvalue weighted by atomic mass is 32.2. The number of fused-ring (bicyclic) bond motifs is 1. The van der Waals surface area contributed by atoms with Gasteiger partial charge >= 0.3 is 5.97 Å². The number of esters is 1. The molecule has 184 valence electrons. The van der Waals surface area contributed by atoms with E-state index in [0.717, 1.165) is 11.3 Å². The maximum atomic E-state index is 13.2. The van der Waals surface area contributed by atoms with Crippen molar-refractivity contribution in [3.8, 4) is 11.5 Å². The van der Waals surface area contributed by atoms with Crippen molar-refractivity contribution < 1.29 is 28.5 Å². The van der Waals surface area contributed by atoms with E-state index >= 15 is 0 Å². The summed E-state index contributed by atoms with van der Waals surface area (Å²) < 4.78 is 21.5. The van der Waals surface area contributed by atoms with Crippen LogP contribution in [0, 0.1) is 0 Å². The normalized spacial score (nSPS) is 17.3. The first-order valence-electron chi connectivity index (χ1n) is 10.9. The molecule has 34 heavy (non-hydrogen) atoms. The summed E-state index contributed by atoms with van der Waals surface area (Å²) in [4.78, 5) is 32.4. The van der Waals surface area contributed by atoms with Gasteiger partial charge in [-0.15, -0.1) is 0 Å². The third-order valence-electron chi connectivity index (χ3n) is 5.22. The second-order valence-electron chi connectivity index (χ2n) is 8.07. The highest BCUT2D eigenvalue weighted by Crippen LogP contribution is 2.46. The molecule has 0 aromatic heterocycles. The van der Waals surface area contributed by atoms with Crippen LogP contribution in [0.15, 0.2) is 45.6 Å². The van der Waals surface area contributed by atoms with Crippen molar-refractivity contribution in [2.45, 2.75) is 39.3 Å². The number of hydrogen-bond donors (Lipinski definition) is 1. The summed E-state index contributed by atoms with van der Waals surface area (Å²) in [5.74, 6) is 0.559. The summed E-state index contributed by atoms with van der Waals surface area (Å²) in [6.07, 6.45) is 0.146. The number of amidine groups is 1. The van der Waals surface area contributed by atoms with Gasteiger partial charge < -0.3 is 29.2 Å². The van der Waals surface area contributed by atoms with Crippen LogP contribution in [-0.2, 0) is 19.1 Å². The number of aliphatic imine (C=N–C) groups is 1. The Morgan fingerprint density at radius 2 is 1.79 bits per heavy atom. The summed E-state index contributed by atoms with van der Waals surface area (Å²) in [6, 6.07) is 4.89. The van der Waals surface area contributed by atoms with E-state index in [4.69, 9.17) is 18.9 Å². The Balaban J connectivity index is 2.07. The molecule has 0 saturated carbocycles. The standard InChI is InChI=1S/C24H31N3O6S/c1-14(2)25-20(28)11-17-13-34-24-26-15(3)21(23(29)33-8-7-30-4)22(27(17)24)16-9-18(31-5)12-19(10-16)32-6/h9-10,12-14,22H,7-8,11H2,1-6H3,(H,25,28). The molecule has 2 aliphatic heterocycles. The Kier molecular flexibility index (Phi) is 8.62. The van der Waals surface area contributed by atoms with Gasteiger partial charge in [0.15, 0.2) is 5.17 Å². The number of thioether (sulfide) groups is 1. The van der Waals surface area contributed by atoms with Gasteiger partial charge in [0.25, 0.3) is 0 Å². The van der Waals surface area contributed by atoms with Gasteiger partial charge in [-0.2, -0.15) is 0 Å². The van der Waals surface area contributed by atoms with E-state index in [9.17, 15) is 9.59 Å². The molecule has 1 N–H and O–H groups in total. The van der Waals surface area contributed by atoms with Gasteiger partial charge in [0.1, 0.15) is 18.1 Å². The molecule has 1 unspecified atom stereocenters. The summed E-state index contributed by atoms with van der Waals surface area (Å²) >= 11 is 1.42. The Hall–Kier alpha value is -2.98. The molecule has 9 nitrogen and oxygen atoms in total. The monoisotopic (exact) mass is 489 g/mol. The fourth-order valence-electron chi connectivity index (χ4n) is 3.77. The van der Waals surface area contributed by atoms with E-state index in [1.165, 1.54) is 11.8 Å². The molecular weight excluding hydrogens is 458 g/mol. The van der Waals surface area contributed by atoms with Crippen LogP contribution < -0.4 is 14.8 Å². The van der Waals surface area contributed by atoms with Crippen LogP contribution in [0.1, 0.15) is 38.8 Å². The van der Waals surface area contributed by atoms with Crippen molar-refractivity contribution >= 4 is 28.8 Å². The summed E-state index contributed by atoms with van der Waals surface area (Å²) in [5.41, 5.74) is 2.42. The number of rotatable bonds is 10. The zero-order valence-corrected chi connectivity index (χ0v) is 21.2. The zero-order valence-electron chi connectivity index (χ0n) is 20.3. The van der Waals surface area contributed by atoms with Gasteiger partial charge in [-0.1, -0.05) is 11.8 Å². The van der Waals surface area contributed by atoms with Gasteiger partial charge in [0, 0.05) is 24.9 Å². The number of nitrogens with zero attached hydrogens (tertiary/aromatic N) is 2. The van der Waals surface area contributed by atoms with Gasteiger partial charge in [-0.3, -0.25) is 4.79 Å². The average Bonchev–Trinajstić information content (AvgIpc) is 3.18. The average molecular weight is 490 g/mol. The first-order chi connectivity index (χ1) is 16.3. The summed E-state index contributed by atoms with van der Waals surface area (Å²) in [5, 5.41) is 5.50. The molecule has 0 aliphatic carbocycles. The maximum absolute atomic E-state index is 13.2. The highest BCUT2D eigenvalue weighted by molar-refractivity contribution is 8.16. The van der Waals surface area contributed by atoms with Gasteiger partial charge in [-0.25, -0.2) is 9.79 Å². The van der Waals surface area contributed by atoms with Crippen LogP contribution in [0.2, 0.25) is 0 Å². The Bertz CT molecular complexity index is 1010. The van der Waals surface area contributed by atoms with Crippen LogP contribution in [-0.4, -0.2) is 62.5 Å². The minimum absolute atomic E-state index is 0.0172. The molecule has 3 rings (SSSR count). The van der Waals surface area contributed by atoms with Gasteiger partial charge in [-0.05, 0) is 43.9 Å². The molecule has 1 amide bonds. The predicted octanol–water partition coefficient (Wildman–Crippen LogP) is 3.38. The van der Waals surface area contributed by atoms with E-state index in [1.54, 1.807) is 34.3 Å². The second kappa shape index (κ2) is 11.4. The zero-order chi connectivity index (χ0) is 24.8. The molecule has 0 bridgehead atoms. The maximum Gasteiger partial charge on any atom is 0.338 e. The number of methoxy groups -OCH3 is 3. The second-order valence-corrected chi connectivity index (χ2v) is 8.90. The molecule has 1 aromatic rings. The highest BCUT2D eigenvalue weighted by Gasteiger charge is 2.41. The lowest BCUT2D eigenvalue weighted by atomic mass is 9.93. The van der Waals surface area contributed by atoms with E-state index in [0.29, 0.717) is 27.9 Å². The molecule has 0 fully saturated rings. The topological polar surface area (TPSA) is 98.7 Å². The molecule has 1 aromatic carbocycles. The number of amides is 1. The number of carbonyl (C=O) groups excluding carboxylic acids is 2. The van der Waals surface area contributed by atoms with Crippen LogP contribution in [0.25, 0.3) is 0 Å². The lowest BCUT2D eigenvalue weighted by molar-refractivity contribution is -0.141. The number of carbonyl (C=O) groups is 2. The first kappa shape index (κ1) is 25.6. The predicted molar refractivity (Wildman–Crippen MR) is 131 cm³/mol. The molecule has 2 heterocycles. The van der Waals surface area contributed by atoms with Gasteiger partial charge in [0.2, 0.25) is 5.91 Å². The Labute approximate surface area is 204 Å². The van der Waals surface area contributed by atoms with Crippen LogP contribution >= 0.6 is 11.8 Å². The van der Waals surface area contributed by atoms with E-state index in [1.807, 2.05) is 36.3 Å². The molecule has 2 aliphatic rings. The quantitative estimate of drug-likeness (QED) is 0.395. The lowest BCUT2D eigenvalue weighted by Gasteiger charge is -2.36. The summed E-state index contributed by atoms with van der Waals surface area (Å²) in [6.45, 7) is 6.01. The number of benzene rings is 1. The lowest BCUT2D eigenvalue weighted by Crippen LogP contribution is -2.39. The van der Waals surface area contributed by atoms with Crippen LogP contribution in [0.5, 0.6) is 11.5 Å². The fraction of sp³-hybridized carbons (Fsp3) is 0.458. The van der Waals surface area contributed by atoms with E-state index in [2.05, 4.69) is 10.3 Å². The third kappa shape index (κ3) is 5.74. The molecule has 0 saturated heterocycles. The van der Waals surface area contributed by atoms with Crippen molar-refractivity contribution in [1.82, 2.24) is 10.2 Å². The number of allylic oxidation sites excluding steroid dienone is 1. The van der Waals surface area contributed by atoms with E-state index < -0.39 is 12.0 Å². The molecule has 0 radical (unpaired) electrons. The number of nitrogens with one attached hydrogen (secondary N) is 1. The molecule has 0 spiro atoms. The van der Waals surface area contributed by atoms with E-state index in [-0.39, 0.29) is 31.6 Å². The van der Waals surface area contributed by atoms with Crippen LogP contribution in [0.3, 0.4) is 0 Å². The van der Waals surface area contributed by atoms with Crippen molar-refractivity contribution in [2.24, 2.45) is 4.99 Å². The Morgan fingerprint density at radius 3 is 2.38 bits per heavy atom. The number of hydrogen-bond acceptors (Lipinski definition) is 9. The summed E-state index contributed by atoms with van der Waals surface area (Å²) in [7, 11) is 4.68. The SMILES string of the molecule is COCCOC(=O)C1=C(C)N=C2SC=C(CC(=O)NC(C)C)N2C1c1cc(OC)cc(OC)c1. The Morgan fingerprint density at radius 1 is 1.12 bits per heavy atom. The minimum atomic E-state index is -0.584. The molecule has 10 heteroatoms. The third-order valence-corrected chi connectivity index (χ3v) is 6.11.